The fourth-order valence-corrected chi connectivity index (χ4v) is 4.29. The van der Waals surface area contributed by atoms with Crippen LogP contribution in [0.25, 0.3) is 10.1 Å². The van der Waals surface area contributed by atoms with Crippen molar-refractivity contribution < 1.29 is 0 Å². The molecular formula is C11H11BrS2. The fraction of sp³-hybridized carbons (Fsp3) is 0.273. The van der Waals surface area contributed by atoms with Crippen molar-refractivity contribution in [2.24, 2.45) is 0 Å². The first-order valence-corrected chi connectivity index (χ1v) is 7.60. The van der Waals surface area contributed by atoms with Gasteiger partial charge in [-0.15, -0.1) is 23.1 Å². The van der Waals surface area contributed by atoms with Gasteiger partial charge in [0.2, 0.25) is 0 Å². The molecule has 0 saturated heterocycles. The maximum absolute atomic E-state index is 3.56. The Labute approximate surface area is 101 Å². The molecule has 0 radical (unpaired) electrons. The third-order valence-electron chi connectivity index (χ3n) is 2.38. The van der Waals surface area contributed by atoms with Crippen LogP contribution in [0.2, 0.25) is 0 Å². The van der Waals surface area contributed by atoms with Crippen molar-refractivity contribution in [1.82, 2.24) is 0 Å². The average Bonchev–Trinajstić information content (AvgIpc) is 2.65. The monoisotopic (exact) mass is 286 g/mol. The number of thioether (sulfide) groups is 1. The Hall–Kier alpha value is 0.01000. The number of halogens is 1. The minimum atomic E-state index is 0.949. The van der Waals surface area contributed by atoms with Crippen LogP contribution in [0.15, 0.2) is 22.4 Å². The zero-order valence-corrected chi connectivity index (χ0v) is 11.4. The van der Waals surface area contributed by atoms with E-state index < -0.39 is 0 Å². The lowest BCUT2D eigenvalue weighted by atomic mass is 10.1. The standard InChI is InChI=1S/C11H11BrS2/c1-7-5-10(13-2)8-3-4-14-11(8)9(7)6-12/h3-5H,6H2,1-2H3. The van der Waals surface area contributed by atoms with Crippen LogP contribution in [0.1, 0.15) is 11.1 Å². The van der Waals surface area contributed by atoms with Crippen LogP contribution < -0.4 is 0 Å². The van der Waals surface area contributed by atoms with Crippen molar-refractivity contribution in [3.8, 4) is 0 Å². The van der Waals surface area contributed by atoms with Crippen LogP contribution in [0, 0.1) is 6.92 Å². The van der Waals surface area contributed by atoms with Crippen LogP contribution in [0.3, 0.4) is 0 Å². The number of rotatable bonds is 2. The molecule has 0 saturated carbocycles. The van der Waals surface area contributed by atoms with Gasteiger partial charge in [0.15, 0.2) is 0 Å². The minimum Gasteiger partial charge on any atom is -0.143 e. The predicted molar refractivity (Wildman–Crippen MR) is 71.0 cm³/mol. The molecule has 1 heterocycles. The summed E-state index contributed by atoms with van der Waals surface area (Å²) in [6.45, 7) is 2.19. The van der Waals surface area contributed by atoms with Crippen molar-refractivity contribution >= 4 is 49.1 Å². The topological polar surface area (TPSA) is 0 Å². The first kappa shape index (κ1) is 10.5. The highest BCUT2D eigenvalue weighted by Gasteiger charge is 2.09. The summed E-state index contributed by atoms with van der Waals surface area (Å²) in [5.74, 6) is 0. The SMILES string of the molecule is CSc1cc(C)c(CBr)c2sccc12. The summed E-state index contributed by atoms with van der Waals surface area (Å²) >= 11 is 7.23. The van der Waals surface area contributed by atoms with E-state index in [1.54, 1.807) is 0 Å². The first-order valence-electron chi connectivity index (χ1n) is 4.37. The van der Waals surface area contributed by atoms with E-state index in [4.69, 9.17) is 0 Å². The molecule has 0 aliphatic rings. The van der Waals surface area contributed by atoms with Crippen molar-refractivity contribution in [2.75, 3.05) is 6.26 Å². The molecule has 0 bridgehead atoms. The Morgan fingerprint density at radius 3 is 2.93 bits per heavy atom. The van der Waals surface area contributed by atoms with Crippen LogP contribution in [-0.4, -0.2) is 6.26 Å². The molecule has 0 aliphatic carbocycles. The largest absolute Gasteiger partial charge is 0.143 e. The molecule has 74 valence electrons. The van der Waals surface area contributed by atoms with Crippen LogP contribution in [-0.2, 0) is 5.33 Å². The zero-order valence-electron chi connectivity index (χ0n) is 8.13. The molecule has 0 aliphatic heterocycles. The summed E-state index contributed by atoms with van der Waals surface area (Å²) in [5.41, 5.74) is 2.83. The Morgan fingerprint density at radius 1 is 1.50 bits per heavy atom. The van der Waals surface area contributed by atoms with Gasteiger partial charge >= 0.3 is 0 Å². The highest BCUT2D eigenvalue weighted by atomic mass is 79.9. The summed E-state index contributed by atoms with van der Waals surface area (Å²) in [6.07, 6.45) is 2.14. The Balaban J connectivity index is 2.81. The second kappa shape index (κ2) is 4.25. The zero-order chi connectivity index (χ0) is 10.1. The number of fused-ring (bicyclic) bond motifs is 1. The van der Waals surface area contributed by atoms with Gasteiger partial charge in [0, 0.05) is 20.3 Å². The lowest BCUT2D eigenvalue weighted by Crippen LogP contribution is -1.86. The molecular weight excluding hydrogens is 276 g/mol. The van der Waals surface area contributed by atoms with Crippen LogP contribution in [0.4, 0.5) is 0 Å². The second-order valence-corrected chi connectivity index (χ2v) is 5.50. The third kappa shape index (κ3) is 1.62. The van der Waals surface area contributed by atoms with Gasteiger partial charge in [0.05, 0.1) is 0 Å². The van der Waals surface area contributed by atoms with Gasteiger partial charge in [0.1, 0.15) is 0 Å². The van der Waals surface area contributed by atoms with Gasteiger partial charge < -0.3 is 0 Å². The molecule has 0 spiro atoms. The van der Waals surface area contributed by atoms with E-state index >= 15 is 0 Å². The molecule has 0 fully saturated rings. The van der Waals surface area contributed by atoms with Gasteiger partial charge in [-0.2, -0.15) is 0 Å². The summed E-state index contributed by atoms with van der Waals surface area (Å²) < 4.78 is 1.44. The van der Waals surface area contributed by atoms with E-state index in [2.05, 4.69) is 46.6 Å². The number of alkyl halides is 1. The number of benzene rings is 1. The van der Waals surface area contributed by atoms with Gasteiger partial charge in [-0.05, 0) is 41.8 Å². The maximum atomic E-state index is 3.56. The van der Waals surface area contributed by atoms with Crippen molar-refractivity contribution in [3.05, 3.63) is 28.6 Å². The normalized spacial score (nSPS) is 11.1. The summed E-state index contributed by atoms with van der Waals surface area (Å²) in [7, 11) is 0. The van der Waals surface area contributed by atoms with E-state index in [0.29, 0.717) is 0 Å². The lowest BCUT2D eigenvalue weighted by Gasteiger charge is -2.07. The van der Waals surface area contributed by atoms with E-state index in [9.17, 15) is 0 Å². The van der Waals surface area contributed by atoms with Gasteiger partial charge in [-0.25, -0.2) is 0 Å². The third-order valence-corrected chi connectivity index (χ3v) is 4.69. The lowest BCUT2D eigenvalue weighted by molar-refractivity contribution is 1.33. The minimum absolute atomic E-state index is 0.949. The summed E-state index contributed by atoms with van der Waals surface area (Å²) in [6, 6.07) is 4.51. The van der Waals surface area contributed by atoms with E-state index in [0.717, 1.165) is 5.33 Å². The Kier molecular flexibility index (Phi) is 3.20. The van der Waals surface area contributed by atoms with Crippen LogP contribution in [0.5, 0.6) is 0 Å². The molecule has 3 heteroatoms. The molecule has 0 nitrogen and oxygen atoms in total. The van der Waals surface area contributed by atoms with E-state index in [1.807, 2.05) is 23.1 Å². The second-order valence-electron chi connectivity index (χ2n) is 3.17. The first-order chi connectivity index (χ1) is 6.77. The summed E-state index contributed by atoms with van der Waals surface area (Å²) in [5, 5.41) is 4.53. The average molecular weight is 287 g/mol. The summed E-state index contributed by atoms with van der Waals surface area (Å²) in [4.78, 5) is 1.39. The fourth-order valence-electron chi connectivity index (χ4n) is 1.61. The van der Waals surface area contributed by atoms with Crippen molar-refractivity contribution in [2.45, 2.75) is 17.1 Å². The molecule has 2 rings (SSSR count). The van der Waals surface area contributed by atoms with Crippen molar-refractivity contribution in [1.29, 1.82) is 0 Å². The highest BCUT2D eigenvalue weighted by molar-refractivity contribution is 9.08. The number of aryl methyl sites for hydroxylation is 1. The Bertz CT molecular complexity index is 460. The maximum Gasteiger partial charge on any atom is 0.0397 e. The van der Waals surface area contributed by atoms with Crippen LogP contribution >= 0.6 is 39.0 Å². The van der Waals surface area contributed by atoms with Gasteiger partial charge in [-0.3, -0.25) is 0 Å². The molecule has 0 amide bonds. The molecule has 0 N–H and O–H groups in total. The quantitative estimate of drug-likeness (QED) is 0.563. The smallest absolute Gasteiger partial charge is 0.0397 e. The van der Waals surface area contributed by atoms with E-state index in [-0.39, 0.29) is 0 Å². The number of hydrogen-bond donors (Lipinski definition) is 0. The molecule has 2 aromatic rings. The van der Waals surface area contributed by atoms with E-state index in [1.165, 1.54) is 26.1 Å². The van der Waals surface area contributed by atoms with Gasteiger partial charge in [0.25, 0.3) is 0 Å². The Morgan fingerprint density at radius 2 is 2.29 bits per heavy atom. The molecule has 14 heavy (non-hydrogen) atoms. The highest BCUT2D eigenvalue weighted by Crippen LogP contribution is 2.35. The molecule has 1 aromatic carbocycles. The predicted octanol–water partition coefficient (Wildman–Crippen LogP) is 4.83. The van der Waals surface area contributed by atoms with Gasteiger partial charge in [-0.1, -0.05) is 15.9 Å². The number of thiophene rings is 1. The molecule has 0 atom stereocenters. The molecule has 0 unspecified atom stereocenters. The van der Waals surface area contributed by atoms with Crippen molar-refractivity contribution in [3.63, 3.8) is 0 Å². The number of hydrogen-bond acceptors (Lipinski definition) is 2. The molecule has 1 aromatic heterocycles.